The van der Waals surface area contributed by atoms with Crippen LogP contribution in [-0.4, -0.2) is 41.3 Å². The summed E-state index contributed by atoms with van der Waals surface area (Å²) in [4.78, 5) is 13.5. The van der Waals surface area contributed by atoms with Gasteiger partial charge in [0.05, 0.1) is 25.9 Å². The number of nitrogens with zero attached hydrogens (tertiary/aromatic N) is 1. The van der Waals surface area contributed by atoms with Crippen LogP contribution >= 0.6 is 22.6 Å². The molecule has 0 unspecified atom stereocenters. The van der Waals surface area contributed by atoms with E-state index in [0.717, 1.165) is 22.8 Å². The predicted molar refractivity (Wildman–Crippen MR) is 86.0 cm³/mol. The zero-order valence-electron chi connectivity index (χ0n) is 11.9. The van der Waals surface area contributed by atoms with Gasteiger partial charge in [0, 0.05) is 11.0 Å². The lowest BCUT2D eigenvalue weighted by atomic mass is 10.1. The monoisotopic (exact) mass is 407 g/mol. The third-order valence-electron chi connectivity index (χ3n) is 3.51. The summed E-state index contributed by atoms with van der Waals surface area (Å²) in [7, 11) is 1.36. The van der Waals surface area contributed by atoms with Crippen LogP contribution in [0.1, 0.15) is 18.4 Å². The number of methoxy groups -OCH3 is 1. The summed E-state index contributed by atoms with van der Waals surface area (Å²) in [5.74, 6) is -0.285. The lowest BCUT2D eigenvalue weighted by Crippen LogP contribution is -2.37. The van der Waals surface area contributed by atoms with Crippen LogP contribution in [0.4, 0.5) is 9.18 Å². The number of ether oxygens (including phenoxy) is 2. The zero-order chi connectivity index (χ0) is 15.2. The average molecular weight is 407 g/mol. The van der Waals surface area contributed by atoms with Gasteiger partial charge in [-0.1, -0.05) is 34.7 Å². The molecule has 0 aliphatic carbocycles. The normalized spacial score (nSPS) is 21.3. The molecule has 1 aromatic carbocycles. The largest absolute Gasteiger partial charge is 0.453 e. The Balaban J connectivity index is 1.98. The van der Waals surface area contributed by atoms with E-state index in [1.54, 1.807) is 17.0 Å². The Bertz CT molecular complexity index is 468. The zero-order valence-corrected chi connectivity index (χ0v) is 14.1. The molecule has 1 saturated heterocycles. The average Bonchev–Trinajstić information content (AvgIpc) is 2.95. The first-order valence-electron chi connectivity index (χ1n) is 6.91. The van der Waals surface area contributed by atoms with Crippen molar-refractivity contribution in [2.75, 3.05) is 18.1 Å². The molecule has 1 aliphatic heterocycles. The van der Waals surface area contributed by atoms with Gasteiger partial charge in [-0.15, -0.1) is 0 Å². The van der Waals surface area contributed by atoms with Gasteiger partial charge in [-0.3, -0.25) is 0 Å². The SMILES string of the molecule is COC(=O)N(Cc1ccc(F)cc1)C[C@@H]1CC[C@@H](CI)O1. The molecule has 1 aromatic rings. The molecule has 2 rings (SSSR count). The first-order valence-corrected chi connectivity index (χ1v) is 8.43. The summed E-state index contributed by atoms with van der Waals surface area (Å²) in [5, 5.41) is 0. The van der Waals surface area contributed by atoms with Crippen LogP contribution in [0, 0.1) is 5.82 Å². The summed E-state index contributed by atoms with van der Waals surface area (Å²) in [6, 6.07) is 6.13. The highest BCUT2D eigenvalue weighted by molar-refractivity contribution is 14.1. The fourth-order valence-corrected chi connectivity index (χ4v) is 3.06. The summed E-state index contributed by atoms with van der Waals surface area (Å²) in [6.45, 7) is 0.888. The summed E-state index contributed by atoms with van der Waals surface area (Å²) in [6.07, 6.45) is 1.91. The number of carbonyl (C=O) groups is 1. The number of benzene rings is 1. The molecule has 21 heavy (non-hydrogen) atoms. The van der Waals surface area contributed by atoms with Crippen LogP contribution in [0.25, 0.3) is 0 Å². The Morgan fingerprint density at radius 1 is 1.38 bits per heavy atom. The van der Waals surface area contributed by atoms with E-state index >= 15 is 0 Å². The van der Waals surface area contributed by atoms with Gasteiger partial charge >= 0.3 is 6.09 Å². The molecule has 0 saturated carbocycles. The fraction of sp³-hybridized carbons (Fsp3) is 0.533. The van der Waals surface area contributed by atoms with Gasteiger partial charge in [0.15, 0.2) is 0 Å². The lowest BCUT2D eigenvalue weighted by Gasteiger charge is -2.24. The lowest BCUT2D eigenvalue weighted by molar-refractivity contribution is 0.0308. The smallest absolute Gasteiger partial charge is 0.409 e. The quantitative estimate of drug-likeness (QED) is 0.555. The van der Waals surface area contributed by atoms with Gasteiger partial charge in [-0.05, 0) is 30.5 Å². The second kappa shape index (κ2) is 7.93. The molecule has 1 heterocycles. The van der Waals surface area contributed by atoms with Crippen LogP contribution in [0.15, 0.2) is 24.3 Å². The van der Waals surface area contributed by atoms with Gasteiger partial charge < -0.3 is 14.4 Å². The first-order chi connectivity index (χ1) is 10.1. The van der Waals surface area contributed by atoms with Crippen molar-refractivity contribution in [2.24, 2.45) is 0 Å². The van der Waals surface area contributed by atoms with Gasteiger partial charge in [-0.2, -0.15) is 0 Å². The number of rotatable bonds is 5. The molecule has 1 amide bonds. The van der Waals surface area contributed by atoms with Crippen LogP contribution in [-0.2, 0) is 16.0 Å². The minimum absolute atomic E-state index is 0.0457. The number of hydrogen-bond donors (Lipinski definition) is 0. The Labute approximate surface area is 137 Å². The third-order valence-corrected chi connectivity index (χ3v) is 4.49. The summed E-state index contributed by atoms with van der Waals surface area (Å²) in [5.41, 5.74) is 0.866. The molecule has 0 bridgehead atoms. The van der Waals surface area contributed by atoms with Crippen LogP contribution in [0.3, 0.4) is 0 Å². The van der Waals surface area contributed by atoms with Gasteiger partial charge in [0.2, 0.25) is 0 Å². The molecule has 0 N–H and O–H groups in total. The third kappa shape index (κ3) is 4.81. The molecule has 1 aliphatic rings. The Hall–Kier alpha value is -0.890. The fourth-order valence-electron chi connectivity index (χ4n) is 2.42. The summed E-state index contributed by atoms with van der Waals surface area (Å²) < 4.78 is 24.6. The molecular weight excluding hydrogens is 388 g/mol. The van der Waals surface area contributed by atoms with Gasteiger partial charge in [-0.25, -0.2) is 9.18 Å². The minimum atomic E-state index is -0.388. The predicted octanol–water partition coefficient (Wildman–Crippen LogP) is 3.38. The first kappa shape index (κ1) is 16.5. The highest BCUT2D eigenvalue weighted by Gasteiger charge is 2.28. The Kier molecular flexibility index (Phi) is 6.22. The second-order valence-electron chi connectivity index (χ2n) is 5.09. The highest BCUT2D eigenvalue weighted by Crippen LogP contribution is 2.23. The van der Waals surface area contributed by atoms with E-state index < -0.39 is 0 Å². The molecule has 116 valence electrons. The topological polar surface area (TPSA) is 38.8 Å². The van der Waals surface area contributed by atoms with E-state index in [9.17, 15) is 9.18 Å². The molecule has 6 heteroatoms. The number of halogens is 2. The van der Waals surface area contributed by atoms with Crippen molar-refractivity contribution in [3.05, 3.63) is 35.6 Å². The van der Waals surface area contributed by atoms with Crippen molar-refractivity contribution in [1.29, 1.82) is 0 Å². The maximum Gasteiger partial charge on any atom is 0.409 e. The molecule has 1 fully saturated rings. The van der Waals surface area contributed by atoms with E-state index in [4.69, 9.17) is 9.47 Å². The highest BCUT2D eigenvalue weighted by atomic mass is 127. The van der Waals surface area contributed by atoms with E-state index in [0.29, 0.717) is 13.1 Å². The molecule has 0 radical (unpaired) electrons. The Morgan fingerprint density at radius 2 is 2.05 bits per heavy atom. The maximum absolute atomic E-state index is 12.9. The van der Waals surface area contributed by atoms with Crippen LogP contribution in [0.2, 0.25) is 0 Å². The van der Waals surface area contributed by atoms with Crippen LogP contribution < -0.4 is 0 Å². The van der Waals surface area contributed by atoms with E-state index in [1.165, 1.54) is 19.2 Å². The molecular formula is C15H19FINO3. The molecule has 2 atom stereocenters. The molecule has 0 spiro atoms. The maximum atomic E-state index is 12.9. The standard InChI is InChI=1S/C15H19FINO3/c1-20-15(19)18(9-11-2-4-12(16)5-3-11)10-14-7-6-13(8-17)21-14/h2-5,13-14H,6-10H2,1H3/t13-,14-/m0/s1. The van der Waals surface area contributed by atoms with Crippen molar-refractivity contribution in [2.45, 2.75) is 31.6 Å². The number of alkyl halides is 1. The van der Waals surface area contributed by atoms with E-state index in [1.807, 2.05) is 0 Å². The number of hydrogen-bond acceptors (Lipinski definition) is 3. The Morgan fingerprint density at radius 3 is 2.62 bits per heavy atom. The van der Waals surface area contributed by atoms with Crippen molar-refractivity contribution in [1.82, 2.24) is 4.90 Å². The van der Waals surface area contributed by atoms with Crippen molar-refractivity contribution < 1.29 is 18.7 Å². The van der Waals surface area contributed by atoms with Crippen molar-refractivity contribution >= 4 is 28.7 Å². The molecule has 4 nitrogen and oxygen atoms in total. The second-order valence-corrected chi connectivity index (χ2v) is 5.97. The summed E-state index contributed by atoms with van der Waals surface area (Å²) >= 11 is 2.31. The van der Waals surface area contributed by atoms with E-state index in [2.05, 4.69) is 22.6 Å². The number of carbonyl (C=O) groups excluding carboxylic acids is 1. The van der Waals surface area contributed by atoms with E-state index in [-0.39, 0.29) is 24.1 Å². The van der Waals surface area contributed by atoms with Gasteiger partial charge in [0.25, 0.3) is 0 Å². The number of amides is 1. The molecule has 0 aromatic heterocycles. The van der Waals surface area contributed by atoms with Gasteiger partial charge in [0.1, 0.15) is 5.82 Å². The minimum Gasteiger partial charge on any atom is -0.453 e. The van der Waals surface area contributed by atoms with Crippen molar-refractivity contribution in [3.8, 4) is 0 Å². The van der Waals surface area contributed by atoms with Crippen LogP contribution in [0.5, 0.6) is 0 Å². The van der Waals surface area contributed by atoms with Crippen molar-refractivity contribution in [3.63, 3.8) is 0 Å².